The number of amides is 6. The van der Waals surface area contributed by atoms with Crippen molar-refractivity contribution < 1.29 is 38.2 Å². The van der Waals surface area contributed by atoms with Crippen molar-refractivity contribution in [1.82, 2.24) is 21.3 Å². The van der Waals surface area contributed by atoms with E-state index in [9.17, 15) is 9.59 Å². The van der Waals surface area contributed by atoms with Crippen molar-refractivity contribution >= 4 is 112 Å². The van der Waals surface area contributed by atoms with Crippen molar-refractivity contribution in [2.75, 3.05) is 61.0 Å². The van der Waals surface area contributed by atoms with E-state index in [-0.39, 0.29) is 37.3 Å². The lowest BCUT2D eigenvalue weighted by molar-refractivity contribution is -0.128. The Balaban J connectivity index is 1.11. The first-order valence-corrected chi connectivity index (χ1v) is 27.1. The van der Waals surface area contributed by atoms with Gasteiger partial charge in [-0.2, -0.15) is 0 Å². The maximum atomic E-state index is 15.4. The number of anilines is 4. The lowest BCUT2D eigenvalue weighted by Gasteiger charge is -2.28. The molecule has 2 heterocycles. The van der Waals surface area contributed by atoms with E-state index < -0.39 is 59.6 Å². The highest BCUT2D eigenvalue weighted by atomic mass is 79.9. The molecule has 9 rings (SSSR count). The molecule has 402 valence electrons. The number of hydrogen-bond donors (Lipinski definition) is 4. The Bertz CT molecular complexity index is 3330. The summed E-state index contributed by atoms with van der Waals surface area (Å²) in [5.41, 5.74) is 4.63. The van der Waals surface area contributed by atoms with Gasteiger partial charge < -0.3 is 50.3 Å². The fraction of sp³-hybridized carbons (Fsp3) is 0.267. The van der Waals surface area contributed by atoms with Crippen molar-refractivity contribution in [3.8, 4) is 11.5 Å². The fourth-order valence-electron chi connectivity index (χ4n) is 10.2. The SMILES string of the molecule is CN[C@@H](C)C(=O)N[C@H]1CN(C(=O)c2cc(C)c(C(=O)N3C[C@H](NC(=O)[C@H](C)NC)C(=O)N(Cc4c(OC)ccc5cc(Br)ccc45)c4ccccc43)cc2C)c2ccccc2N(Cc2c(OC)ccc3cc(Br)ccc23)C1=O. The number of benzene rings is 7. The summed E-state index contributed by atoms with van der Waals surface area (Å²) in [5.74, 6) is -1.56. The first-order chi connectivity index (χ1) is 37.5. The average molecular weight is 1180 g/mol. The molecule has 0 fully saturated rings. The third-order valence-corrected chi connectivity index (χ3v) is 15.8. The Labute approximate surface area is 469 Å². The number of likely N-dealkylation sites (N-methyl/N-ethyl adjacent to an activating group) is 2. The van der Waals surface area contributed by atoms with Crippen LogP contribution in [0.2, 0.25) is 0 Å². The minimum absolute atomic E-state index is 0.0421. The highest BCUT2D eigenvalue weighted by Crippen LogP contribution is 2.41. The number of halogens is 2. The molecule has 6 amide bonds. The molecule has 0 aromatic heterocycles. The van der Waals surface area contributed by atoms with Gasteiger partial charge in [0.2, 0.25) is 11.8 Å². The monoisotopic (exact) mass is 1180 g/mol. The van der Waals surface area contributed by atoms with Crippen LogP contribution in [0.5, 0.6) is 11.5 Å². The molecule has 7 aromatic rings. The van der Waals surface area contributed by atoms with Gasteiger partial charge in [-0.05, 0) is 147 Å². The van der Waals surface area contributed by atoms with Crippen LogP contribution in [-0.4, -0.2) is 101 Å². The maximum Gasteiger partial charge on any atom is 0.258 e. The number of aryl methyl sites for hydroxylation is 2. The minimum Gasteiger partial charge on any atom is -0.496 e. The maximum absolute atomic E-state index is 15.4. The number of nitrogens with one attached hydrogen (secondary N) is 4. The summed E-state index contributed by atoms with van der Waals surface area (Å²) in [6, 6.07) is 33.2. The molecule has 16 nitrogen and oxygen atoms in total. The van der Waals surface area contributed by atoms with Gasteiger partial charge in [-0.15, -0.1) is 0 Å². The van der Waals surface area contributed by atoms with Crippen LogP contribution in [0, 0.1) is 13.8 Å². The van der Waals surface area contributed by atoms with Crippen LogP contribution in [0.1, 0.15) is 56.8 Å². The topological polar surface area (TPSA) is 182 Å². The van der Waals surface area contributed by atoms with Crippen molar-refractivity contribution in [2.24, 2.45) is 0 Å². The number of para-hydroxylation sites is 4. The second-order valence-electron chi connectivity index (χ2n) is 19.5. The highest BCUT2D eigenvalue weighted by Gasteiger charge is 2.41. The van der Waals surface area contributed by atoms with Crippen molar-refractivity contribution in [3.05, 3.63) is 164 Å². The zero-order chi connectivity index (χ0) is 55.7. The van der Waals surface area contributed by atoms with E-state index in [1.54, 1.807) is 126 Å². The van der Waals surface area contributed by atoms with Crippen LogP contribution in [0.25, 0.3) is 21.5 Å². The zero-order valence-corrected chi connectivity index (χ0v) is 47.7. The number of ether oxygens (including phenoxy) is 2. The first kappa shape index (κ1) is 55.1. The van der Waals surface area contributed by atoms with Gasteiger partial charge in [0.25, 0.3) is 23.6 Å². The third-order valence-electron chi connectivity index (χ3n) is 14.8. The largest absolute Gasteiger partial charge is 0.496 e. The van der Waals surface area contributed by atoms with Crippen LogP contribution >= 0.6 is 31.9 Å². The molecule has 18 heteroatoms. The predicted molar refractivity (Wildman–Crippen MR) is 312 cm³/mol. The number of nitrogens with zero attached hydrogens (tertiary/aromatic N) is 4. The Morgan fingerprint density at radius 2 is 0.923 bits per heavy atom. The summed E-state index contributed by atoms with van der Waals surface area (Å²) >= 11 is 7.16. The van der Waals surface area contributed by atoms with Gasteiger partial charge in [0.15, 0.2) is 0 Å². The fourth-order valence-corrected chi connectivity index (χ4v) is 11.0. The molecule has 4 atom stereocenters. The summed E-state index contributed by atoms with van der Waals surface area (Å²) in [5, 5.41) is 15.3. The summed E-state index contributed by atoms with van der Waals surface area (Å²) in [6.45, 7) is 6.49. The van der Waals surface area contributed by atoms with E-state index in [1.807, 2.05) is 60.7 Å². The van der Waals surface area contributed by atoms with E-state index in [4.69, 9.17) is 9.47 Å². The van der Waals surface area contributed by atoms with Crippen molar-refractivity contribution in [1.29, 1.82) is 0 Å². The average Bonchev–Trinajstić information content (AvgIpc) is 3.74. The van der Waals surface area contributed by atoms with Gasteiger partial charge in [0.05, 0.1) is 75.2 Å². The molecular weight excluding hydrogens is 1120 g/mol. The Morgan fingerprint density at radius 3 is 1.28 bits per heavy atom. The number of fused-ring (bicyclic) bond motifs is 4. The van der Waals surface area contributed by atoms with E-state index in [0.717, 1.165) is 41.6 Å². The molecule has 2 aliphatic rings. The molecule has 0 radical (unpaired) electrons. The number of carbonyl (C=O) groups excluding carboxylic acids is 6. The molecule has 2 aliphatic heterocycles. The van der Waals surface area contributed by atoms with Gasteiger partial charge in [-0.25, -0.2) is 0 Å². The van der Waals surface area contributed by atoms with Crippen molar-refractivity contribution in [3.63, 3.8) is 0 Å². The van der Waals surface area contributed by atoms with Crippen LogP contribution in [0.15, 0.2) is 130 Å². The van der Waals surface area contributed by atoms with Gasteiger partial charge >= 0.3 is 0 Å². The van der Waals surface area contributed by atoms with Crippen molar-refractivity contribution in [2.45, 2.75) is 65.0 Å². The van der Waals surface area contributed by atoms with E-state index in [0.29, 0.717) is 45.4 Å². The van der Waals surface area contributed by atoms with E-state index in [1.165, 1.54) is 9.80 Å². The lowest BCUT2D eigenvalue weighted by atomic mass is 9.97. The van der Waals surface area contributed by atoms with Crippen LogP contribution in [-0.2, 0) is 32.3 Å². The molecular formula is C60H60Br2N8O8. The van der Waals surface area contributed by atoms with E-state index in [2.05, 4.69) is 53.1 Å². The number of rotatable bonds is 14. The first-order valence-electron chi connectivity index (χ1n) is 25.5. The van der Waals surface area contributed by atoms with Crippen LogP contribution < -0.4 is 50.3 Å². The molecule has 0 unspecified atom stereocenters. The molecule has 78 heavy (non-hydrogen) atoms. The molecule has 7 aromatic carbocycles. The number of hydrogen-bond acceptors (Lipinski definition) is 10. The Morgan fingerprint density at radius 1 is 0.551 bits per heavy atom. The van der Waals surface area contributed by atoms with Gasteiger partial charge in [-0.1, -0.05) is 80.4 Å². The lowest BCUT2D eigenvalue weighted by Crippen LogP contribution is -2.56. The second-order valence-corrected chi connectivity index (χ2v) is 21.3. The highest BCUT2D eigenvalue weighted by molar-refractivity contribution is 9.10. The van der Waals surface area contributed by atoms with Crippen LogP contribution in [0.4, 0.5) is 22.7 Å². The van der Waals surface area contributed by atoms with E-state index >= 15 is 19.2 Å². The number of carbonyl (C=O) groups is 6. The minimum atomic E-state index is -1.19. The van der Waals surface area contributed by atoms with Gasteiger partial charge in [0, 0.05) is 31.2 Å². The molecule has 0 spiro atoms. The molecule has 0 saturated heterocycles. The van der Waals surface area contributed by atoms with Crippen LogP contribution in [0.3, 0.4) is 0 Å². The molecule has 0 bridgehead atoms. The normalized spacial score (nSPS) is 16.2. The standard InChI is InChI=1S/C60H60Br2N8O8/c1-33-25-44(58(74)70-32-48(66-56(72)36(4)64-6)60(76)68(50-14-10-12-16-52(50)70)30-46-42-22-20-40(62)28-38(42)18-24-54(46)78-8)34(2)26-43(33)57(73)69-31-47(65-55(71)35(3)63-5)59(75)67(49-13-9-11-15-51(49)69)29-45-41-21-19-39(61)27-37(41)17-23-53(45)77-7/h9-28,35-36,47-48,63-64H,29-32H2,1-8H3,(H,65,71)(H,66,72)/t35-,36-,47-,48-/m0/s1. The summed E-state index contributed by atoms with van der Waals surface area (Å²) in [4.78, 5) is 94.6. The zero-order valence-electron chi connectivity index (χ0n) is 44.5. The Kier molecular flexibility index (Phi) is 16.4. The summed E-state index contributed by atoms with van der Waals surface area (Å²) in [7, 11) is 6.44. The molecule has 0 aliphatic carbocycles. The molecule has 4 N–H and O–H groups in total. The molecule has 0 saturated carbocycles. The second kappa shape index (κ2) is 23.1. The summed E-state index contributed by atoms with van der Waals surface area (Å²) in [6.07, 6.45) is 0. The predicted octanol–water partition coefficient (Wildman–Crippen LogP) is 8.72. The summed E-state index contributed by atoms with van der Waals surface area (Å²) < 4.78 is 13.5. The quantitative estimate of drug-likeness (QED) is 0.0822. The Hall–Kier alpha value is -7.64. The van der Waals surface area contributed by atoms with Gasteiger partial charge in [-0.3, -0.25) is 28.8 Å². The van der Waals surface area contributed by atoms with Gasteiger partial charge in [0.1, 0.15) is 23.6 Å². The third kappa shape index (κ3) is 10.7. The number of methoxy groups -OCH3 is 2. The smallest absolute Gasteiger partial charge is 0.258 e.